The third-order valence-corrected chi connectivity index (χ3v) is 6.07. The molecule has 142 valence electrons. The van der Waals surface area contributed by atoms with Crippen molar-refractivity contribution in [3.05, 3.63) is 76.6 Å². The lowest BCUT2D eigenvalue weighted by molar-refractivity contribution is -0.122. The van der Waals surface area contributed by atoms with Crippen molar-refractivity contribution in [2.75, 3.05) is 6.54 Å². The third-order valence-electron chi connectivity index (χ3n) is 4.69. The number of halogens is 1. The van der Waals surface area contributed by atoms with Gasteiger partial charge in [-0.05, 0) is 36.3 Å². The van der Waals surface area contributed by atoms with E-state index in [0.29, 0.717) is 22.3 Å². The zero-order chi connectivity index (χ0) is 19.7. The molecule has 1 saturated heterocycles. The maximum atomic E-state index is 13.2. The summed E-state index contributed by atoms with van der Waals surface area (Å²) in [5, 5.41) is 1.07. The topological polar surface area (TPSA) is 25.2 Å². The van der Waals surface area contributed by atoms with Crippen molar-refractivity contribution in [3.63, 3.8) is 0 Å². The van der Waals surface area contributed by atoms with E-state index in [4.69, 9.17) is 12.2 Å². The van der Waals surface area contributed by atoms with E-state index in [1.54, 1.807) is 17.0 Å². The summed E-state index contributed by atoms with van der Waals surface area (Å²) in [4.78, 5) is 15.0. The molecule has 0 aliphatic carbocycles. The van der Waals surface area contributed by atoms with Gasteiger partial charge in [0.05, 0.1) is 4.91 Å². The van der Waals surface area contributed by atoms with Gasteiger partial charge >= 0.3 is 0 Å². The molecule has 0 saturated carbocycles. The van der Waals surface area contributed by atoms with Gasteiger partial charge in [0.15, 0.2) is 0 Å². The number of benzene rings is 2. The van der Waals surface area contributed by atoms with E-state index in [-0.39, 0.29) is 11.7 Å². The fourth-order valence-electron chi connectivity index (χ4n) is 3.37. The lowest BCUT2D eigenvalue weighted by Gasteiger charge is -2.11. The highest BCUT2D eigenvalue weighted by Crippen LogP contribution is 2.34. The molecule has 3 nitrogen and oxygen atoms in total. The van der Waals surface area contributed by atoms with Crippen LogP contribution in [0.4, 0.5) is 4.39 Å². The Morgan fingerprint density at radius 3 is 2.64 bits per heavy atom. The average Bonchev–Trinajstić information content (AvgIpc) is 3.17. The van der Waals surface area contributed by atoms with Crippen molar-refractivity contribution < 1.29 is 9.18 Å². The molecule has 0 spiro atoms. The summed E-state index contributed by atoms with van der Waals surface area (Å²) in [5.41, 5.74) is 3.07. The van der Waals surface area contributed by atoms with Crippen LogP contribution in [0.15, 0.2) is 59.6 Å². The Kier molecular flexibility index (Phi) is 5.33. The SMILES string of the molecule is CCCN1C(=O)/C(=C\c2cn(Cc3ccc(F)cc3)c3ccccc23)SC1=S. The predicted octanol–water partition coefficient (Wildman–Crippen LogP) is 5.44. The van der Waals surface area contributed by atoms with Crippen LogP contribution in [0, 0.1) is 5.82 Å². The van der Waals surface area contributed by atoms with Gasteiger partial charge in [0.2, 0.25) is 0 Å². The van der Waals surface area contributed by atoms with Crippen LogP contribution in [0.3, 0.4) is 0 Å². The summed E-state index contributed by atoms with van der Waals surface area (Å²) in [6.45, 7) is 3.31. The van der Waals surface area contributed by atoms with Crippen LogP contribution in [-0.2, 0) is 11.3 Å². The van der Waals surface area contributed by atoms with Gasteiger partial charge in [-0.2, -0.15) is 0 Å². The van der Waals surface area contributed by atoms with Crippen LogP contribution < -0.4 is 0 Å². The van der Waals surface area contributed by atoms with Gasteiger partial charge < -0.3 is 4.57 Å². The van der Waals surface area contributed by atoms with Gasteiger partial charge in [0.1, 0.15) is 10.1 Å². The number of hydrogen-bond donors (Lipinski definition) is 0. The number of nitrogens with zero attached hydrogens (tertiary/aromatic N) is 2. The standard InChI is InChI=1S/C22H19FN2OS2/c1-2-11-25-21(26)20(28-22(25)27)12-16-14-24(19-6-4-3-5-18(16)19)13-15-7-9-17(23)10-8-15/h3-10,12,14H,2,11,13H2,1H3/b20-12+. The summed E-state index contributed by atoms with van der Waals surface area (Å²) in [7, 11) is 0. The second kappa shape index (κ2) is 7.89. The minimum absolute atomic E-state index is 0.0211. The Balaban J connectivity index is 1.71. The van der Waals surface area contributed by atoms with Crippen LogP contribution in [0.2, 0.25) is 0 Å². The first-order chi connectivity index (χ1) is 13.6. The summed E-state index contributed by atoms with van der Waals surface area (Å²) in [6, 6.07) is 14.6. The number of carbonyl (C=O) groups excluding carboxylic acids is 1. The Labute approximate surface area is 172 Å². The number of rotatable bonds is 5. The van der Waals surface area contributed by atoms with Crippen molar-refractivity contribution in [1.29, 1.82) is 0 Å². The van der Waals surface area contributed by atoms with Crippen molar-refractivity contribution in [1.82, 2.24) is 9.47 Å². The van der Waals surface area contributed by atoms with Gasteiger partial charge in [0, 0.05) is 35.8 Å². The Morgan fingerprint density at radius 2 is 1.89 bits per heavy atom. The zero-order valence-electron chi connectivity index (χ0n) is 15.4. The number of hydrogen-bond acceptors (Lipinski definition) is 3. The van der Waals surface area contributed by atoms with Gasteiger partial charge in [-0.3, -0.25) is 9.69 Å². The molecule has 1 aliphatic heterocycles. The van der Waals surface area contributed by atoms with Crippen molar-refractivity contribution in [2.24, 2.45) is 0 Å². The normalized spacial score (nSPS) is 15.9. The second-order valence-corrected chi connectivity index (χ2v) is 8.37. The zero-order valence-corrected chi connectivity index (χ0v) is 17.0. The molecule has 0 bridgehead atoms. The maximum absolute atomic E-state index is 13.2. The number of thiocarbonyl (C=S) groups is 1. The van der Waals surface area contributed by atoms with Crippen LogP contribution in [0.25, 0.3) is 17.0 Å². The molecule has 2 aromatic carbocycles. The van der Waals surface area contributed by atoms with E-state index < -0.39 is 0 Å². The van der Waals surface area contributed by atoms with Crippen LogP contribution in [0.5, 0.6) is 0 Å². The highest BCUT2D eigenvalue weighted by molar-refractivity contribution is 8.26. The van der Waals surface area contributed by atoms with E-state index in [2.05, 4.69) is 16.7 Å². The Hall–Kier alpha value is -2.44. The molecule has 28 heavy (non-hydrogen) atoms. The molecule has 1 aromatic heterocycles. The molecule has 0 radical (unpaired) electrons. The number of amides is 1. The number of thioether (sulfide) groups is 1. The molecule has 1 fully saturated rings. The second-order valence-electron chi connectivity index (χ2n) is 6.69. The van der Waals surface area contributed by atoms with Gasteiger partial charge in [-0.15, -0.1) is 0 Å². The molecule has 3 aromatic rings. The predicted molar refractivity (Wildman–Crippen MR) is 118 cm³/mol. The van der Waals surface area contributed by atoms with Crippen LogP contribution in [0.1, 0.15) is 24.5 Å². The molecule has 2 heterocycles. The van der Waals surface area contributed by atoms with Gasteiger partial charge in [0.25, 0.3) is 5.91 Å². The highest BCUT2D eigenvalue weighted by Gasteiger charge is 2.31. The van der Waals surface area contributed by atoms with Crippen LogP contribution in [-0.4, -0.2) is 26.2 Å². The van der Waals surface area contributed by atoms with Crippen molar-refractivity contribution in [3.8, 4) is 0 Å². The fraction of sp³-hybridized carbons (Fsp3) is 0.182. The minimum Gasteiger partial charge on any atom is -0.342 e. The smallest absolute Gasteiger partial charge is 0.266 e. The monoisotopic (exact) mass is 410 g/mol. The van der Waals surface area contributed by atoms with Crippen molar-refractivity contribution >= 4 is 51.2 Å². The fourth-order valence-corrected chi connectivity index (χ4v) is 4.66. The largest absolute Gasteiger partial charge is 0.342 e. The van der Waals surface area contributed by atoms with E-state index in [1.807, 2.05) is 31.3 Å². The average molecular weight is 411 g/mol. The van der Waals surface area contributed by atoms with E-state index in [0.717, 1.165) is 28.5 Å². The summed E-state index contributed by atoms with van der Waals surface area (Å²) < 4.78 is 15.9. The minimum atomic E-state index is -0.240. The summed E-state index contributed by atoms with van der Waals surface area (Å²) in [6.07, 6.45) is 4.84. The third kappa shape index (κ3) is 3.62. The molecule has 0 unspecified atom stereocenters. The van der Waals surface area contributed by atoms with E-state index >= 15 is 0 Å². The lowest BCUT2D eigenvalue weighted by Crippen LogP contribution is -2.28. The quantitative estimate of drug-likeness (QED) is 0.414. The lowest BCUT2D eigenvalue weighted by atomic mass is 10.1. The first kappa shape index (κ1) is 18.9. The summed E-state index contributed by atoms with van der Waals surface area (Å²) in [5.74, 6) is -0.261. The molecule has 1 amide bonds. The number of para-hydroxylation sites is 1. The van der Waals surface area contributed by atoms with Gasteiger partial charge in [-0.25, -0.2) is 4.39 Å². The Morgan fingerprint density at radius 1 is 1.14 bits per heavy atom. The first-order valence-corrected chi connectivity index (χ1v) is 10.4. The first-order valence-electron chi connectivity index (χ1n) is 9.14. The molecule has 0 atom stereocenters. The molecule has 4 rings (SSSR count). The molecular formula is C22H19FN2OS2. The van der Waals surface area contributed by atoms with Gasteiger partial charge in [-0.1, -0.05) is 61.2 Å². The number of carbonyl (C=O) groups is 1. The van der Waals surface area contributed by atoms with Crippen LogP contribution >= 0.6 is 24.0 Å². The van der Waals surface area contributed by atoms with Crippen molar-refractivity contribution in [2.45, 2.75) is 19.9 Å². The maximum Gasteiger partial charge on any atom is 0.266 e. The number of fused-ring (bicyclic) bond motifs is 1. The molecule has 6 heteroatoms. The molecule has 0 N–H and O–H groups in total. The number of aromatic nitrogens is 1. The summed E-state index contributed by atoms with van der Waals surface area (Å²) >= 11 is 6.72. The highest BCUT2D eigenvalue weighted by atomic mass is 32.2. The molecular weight excluding hydrogens is 391 g/mol. The Bertz CT molecular complexity index is 1090. The van der Waals surface area contributed by atoms with E-state index in [1.165, 1.54) is 23.9 Å². The molecule has 1 aliphatic rings. The van der Waals surface area contributed by atoms with E-state index in [9.17, 15) is 9.18 Å².